The van der Waals surface area contributed by atoms with Crippen molar-refractivity contribution in [1.29, 1.82) is 0 Å². The molecule has 0 spiro atoms. The Kier molecular flexibility index (Phi) is 4.36. The molecule has 0 bridgehead atoms. The minimum atomic E-state index is 0.345. The van der Waals surface area contributed by atoms with Crippen molar-refractivity contribution in [3.8, 4) is 0 Å². The summed E-state index contributed by atoms with van der Waals surface area (Å²) < 4.78 is 2.33. The first kappa shape index (κ1) is 14.3. The van der Waals surface area contributed by atoms with Crippen LogP contribution >= 0.6 is 11.3 Å². The number of aromatic nitrogens is 2. The molecule has 0 saturated heterocycles. The summed E-state index contributed by atoms with van der Waals surface area (Å²) in [6, 6.07) is 13.1. The van der Waals surface area contributed by atoms with Crippen LogP contribution in [0.25, 0.3) is 11.0 Å². The number of hydrogen-bond acceptors (Lipinski definition) is 3. The predicted molar refractivity (Wildman–Crippen MR) is 89.8 cm³/mol. The lowest BCUT2D eigenvalue weighted by Gasteiger charge is -2.16. The number of aryl methyl sites for hydroxylation is 1. The Morgan fingerprint density at radius 1 is 1.19 bits per heavy atom. The van der Waals surface area contributed by atoms with E-state index in [0.717, 1.165) is 30.9 Å². The highest BCUT2D eigenvalue weighted by molar-refractivity contribution is 7.10. The topological polar surface area (TPSA) is 29.9 Å². The van der Waals surface area contributed by atoms with E-state index in [1.54, 1.807) is 0 Å². The van der Waals surface area contributed by atoms with Gasteiger partial charge in [0.2, 0.25) is 0 Å². The average Bonchev–Trinajstić information content (AvgIpc) is 3.14. The van der Waals surface area contributed by atoms with Crippen LogP contribution in [0.5, 0.6) is 0 Å². The summed E-state index contributed by atoms with van der Waals surface area (Å²) in [5.41, 5.74) is 2.33. The van der Waals surface area contributed by atoms with E-state index in [-0.39, 0.29) is 0 Å². The minimum Gasteiger partial charge on any atom is -0.328 e. The molecule has 2 heterocycles. The quantitative estimate of drug-likeness (QED) is 0.745. The zero-order valence-corrected chi connectivity index (χ0v) is 13.4. The second-order valence-electron chi connectivity index (χ2n) is 5.09. The highest BCUT2D eigenvalue weighted by Crippen LogP contribution is 2.25. The second kappa shape index (κ2) is 6.41. The Balaban J connectivity index is 1.95. The molecule has 21 heavy (non-hydrogen) atoms. The molecular formula is C17H21N3S. The lowest BCUT2D eigenvalue weighted by Crippen LogP contribution is -2.23. The van der Waals surface area contributed by atoms with Gasteiger partial charge < -0.3 is 9.88 Å². The number of benzene rings is 1. The molecule has 0 amide bonds. The monoisotopic (exact) mass is 299 g/mol. The SMILES string of the molecule is CCNC(Cc1nc2ccccc2n1CC)c1cccs1. The molecule has 3 nitrogen and oxygen atoms in total. The Hall–Kier alpha value is -1.65. The summed E-state index contributed by atoms with van der Waals surface area (Å²) in [5.74, 6) is 1.16. The molecule has 0 aliphatic carbocycles. The third-order valence-corrected chi connectivity index (χ3v) is 4.76. The van der Waals surface area contributed by atoms with Crippen LogP contribution < -0.4 is 5.32 Å². The standard InChI is InChI=1S/C17H21N3S/c1-3-18-14(16-10-7-11-21-16)12-17-19-13-8-5-6-9-15(13)20(17)4-2/h5-11,14,18H,3-4,12H2,1-2H3. The second-order valence-corrected chi connectivity index (χ2v) is 6.07. The van der Waals surface area contributed by atoms with Gasteiger partial charge in [0.25, 0.3) is 0 Å². The Morgan fingerprint density at radius 3 is 2.76 bits per heavy atom. The average molecular weight is 299 g/mol. The van der Waals surface area contributed by atoms with Gasteiger partial charge in [0, 0.05) is 23.9 Å². The number of thiophene rings is 1. The molecule has 4 heteroatoms. The van der Waals surface area contributed by atoms with Gasteiger partial charge in [0.05, 0.1) is 11.0 Å². The lowest BCUT2D eigenvalue weighted by molar-refractivity contribution is 0.531. The Morgan fingerprint density at radius 2 is 2.05 bits per heavy atom. The number of likely N-dealkylation sites (N-methyl/N-ethyl adjacent to an activating group) is 1. The highest BCUT2D eigenvalue weighted by Gasteiger charge is 2.17. The van der Waals surface area contributed by atoms with Crippen LogP contribution in [-0.4, -0.2) is 16.1 Å². The molecule has 1 atom stereocenters. The van der Waals surface area contributed by atoms with Crippen molar-refractivity contribution in [2.75, 3.05) is 6.54 Å². The van der Waals surface area contributed by atoms with Crippen molar-refractivity contribution in [3.63, 3.8) is 0 Å². The molecule has 110 valence electrons. The molecule has 0 fully saturated rings. The van der Waals surface area contributed by atoms with Gasteiger partial charge in [-0.15, -0.1) is 11.3 Å². The van der Waals surface area contributed by atoms with Gasteiger partial charge in [0.1, 0.15) is 5.82 Å². The lowest BCUT2D eigenvalue weighted by atomic mass is 10.1. The molecule has 2 aromatic heterocycles. The van der Waals surface area contributed by atoms with E-state index in [1.165, 1.54) is 10.4 Å². The predicted octanol–water partition coefficient (Wildman–Crippen LogP) is 4.01. The van der Waals surface area contributed by atoms with E-state index in [4.69, 9.17) is 4.98 Å². The van der Waals surface area contributed by atoms with Gasteiger partial charge in [-0.3, -0.25) is 0 Å². The van der Waals surface area contributed by atoms with E-state index >= 15 is 0 Å². The first-order valence-electron chi connectivity index (χ1n) is 7.54. The molecule has 1 aromatic carbocycles. The fraction of sp³-hybridized carbons (Fsp3) is 0.353. The number of imidazole rings is 1. The van der Waals surface area contributed by atoms with Crippen LogP contribution in [0.3, 0.4) is 0 Å². The van der Waals surface area contributed by atoms with E-state index in [0.29, 0.717) is 6.04 Å². The summed E-state index contributed by atoms with van der Waals surface area (Å²) in [7, 11) is 0. The summed E-state index contributed by atoms with van der Waals surface area (Å²) in [6.07, 6.45) is 0.927. The first-order valence-corrected chi connectivity index (χ1v) is 8.42. The van der Waals surface area contributed by atoms with E-state index < -0.39 is 0 Å². The van der Waals surface area contributed by atoms with Gasteiger partial charge >= 0.3 is 0 Å². The number of nitrogens with zero attached hydrogens (tertiary/aromatic N) is 2. The van der Waals surface area contributed by atoms with Gasteiger partial charge in [-0.25, -0.2) is 4.98 Å². The molecule has 1 unspecified atom stereocenters. The van der Waals surface area contributed by atoms with Crippen molar-refractivity contribution in [3.05, 3.63) is 52.5 Å². The third-order valence-electron chi connectivity index (χ3n) is 3.77. The molecule has 0 radical (unpaired) electrons. The smallest absolute Gasteiger partial charge is 0.111 e. The van der Waals surface area contributed by atoms with Crippen LogP contribution in [0.4, 0.5) is 0 Å². The first-order chi connectivity index (χ1) is 10.3. The molecular weight excluding hydrogens is 278 g/mol. The van der Waals surface area contributed by atoms with Gasteiger partial charge in [-0.05, 0) is 37.0 Å². The van der Waals surface area contributed by atoms with E-state index in [9.17, 15) is 0 Å². The zero-order valence-electron chi connectivity index (χ0n) is 12.5. The number of rotatable bonds is 6. The van der Waals surface area contributed by atoms with E-state index in [2.05, 4.69) is 65.5 Å². The van der Waals surface area contributed by atoms with Crippen molar-refractivity contribution in [2.24, 2.45) is 0 Å². The van der Waals surface area contributed by atoms with Gasteiger partial charge in [-0.2, -0.15) is 0 Å². The van der Waals surface area contributed by atoms with Crippen molar-refractivity contribution >= 4 is 22.4 Å². The van der Waals surface area contributed by atoms with Gasteiger partial charge in [-0.1, -0.05) is 25.1 Å². The summed E-state index contributed by atoms with van der Waals surface area (Å²) in [5, 5.41) is 5.73. The molecule has 0 saturated carbocycles. The Labute approximate surface area is 129 Å². The maximum atomic E-state index is 4.84. The summed E-state index contributed by atoms with van der Waals surface area (Å²) in [4.78, 5) is 6.22. The van der Waals surface area contributed by atoms with Crippen LogP contribution in [-0.2, 0) is 13.0 Å². The molecule has 0 aliphatic heterocycles. The number of hydrogen-bond donors (Lipinski definition) is 1. The van der Waals surface area contributed by atoms with Crippen LogP contribution in [0.1, 0.15) is 30.6 Å². The summed E-state index contributed by atoms with van der Waals surface area (Å²) >= 11 is 1.81. The van der Waals surface area contributed by atoms with Gasteiger partial charge in [0.15, 0.2) is 0 Å². The molecule has 0 aliphatic rings. The van der Waals surface area contributed by atoms with Crippen LogP contribution in [0.2, 0.25) is 0 Å². The fourth-order valence-corrected chi connectivity index (χ4v) is 3.63. The van der Waals surface area contributed by atoms with Crippen molar-refractivity contribution < 1.29 is 0 Å². The third kappa shape index (κ3) is 2.87. The van der Waals surface area contributed by atoms with Crippen LogP contribution in [0.15, 0.2) is 41.8 Å². The zero-order chi connectivity index (χ0) is 14.7. The number of fused-ring (bicyclic) bond motifs is 1. The highest BCUT2D eigenvalue weighted by atomic mass is 32.1. The molecule has 1 N–H and O–H groups in total. The summed E-state index contributed by atoms with van der Waals surface area (Å²) in [6.45, 7) is 6.27. The van der Waals surface area contributed by atoms with Crippen molar-refractivity contribution in [2.45, 2.75) is 32.9 Å². The normalized spacial score (nSPS) is 12.9. The molecule has 3 aromatic rings. The number of para-hydroxylation sites is 2. The van der Waals surface area contributed by atoms with E-state index in [1.807, 2.05) is 11.3 Å². The van der Waals surface area contributed by atoms with Crippen molar-refractivity contribution in [1.82, 2.24) is 14.9 Å². The van der Waals surface area contributed by atoms with Crippen LogP contribution in [0, 0.1) is 0 Å². The maximum Gasteiger partial charge on any atom is 0.111 e. The Bertz CT molecular complexity index is 700. The molecule has 3 rings (SSSR count). The maximum absolute atomic E-state index is 4.84. The fourth-order valence-electron chi connectivity index (χ4n) is 2.83. The largest absolute Gasteiger partial charge is 0.328 e. The minimum absolute atomic E-state index is 0.345. The number of nitrogens with one attached hydrogen (secondary N) is 1.